The number of hydrogen-bond acceptors (Lipinski definition) is 3. The summed E-state index contributed by atoms with van der Waals surface area (Å²) in [6.45, 7) is 10.2. The van der Waals surface area contributed by atoms with Gasteiger partial charge in [0, 0.05) is 12.5 Å². The van der Waals surface area contributed by atoms with Gasteiger partial charge in [0.2, 0.25) is 5.91 Å². The van der Waals surface area contributed by atoms with Crippen LogP contribution in [0.3, 0.4) is 0 Å². The number of carbonyl (C=O) groups is 2. The molecule has 1 aromatic rings. The largest absolute Gasteiger partial charge is 0.444 e. The molecule has 4 rings (SSSR count). The number of piperazine rings is 1. The molecular formula is C21H26N2O3. The zero-order chi connectivity index (χ0) is 18.6. The van der Waals surface area contributed by atoms with Crippen molar-refractivity contribution in [3.63, 3.8) is 0 Å². The molecular weight excluding hydrogens is 328 g/mol. The van der Waals surface area contributed by atoms with E-state index >= 15 is 0 Å². The Morgan fingerprint density at radius 3 is 2.62 bits per heavy atom. The monoisotopic (exact) mass is 354 g/mol. The van der Waals surface area contributed by atoms with Gasteiger partial charge in [-0.25, -0.2) is 4.79 Å². The van der Waals surface area contributed by atoms with Crippen LogP contribution in [0.4, 0.5) is 4.79 Å². The molecule has 4 atom stereocenters. The predicted molar refractivity (Wildman–Crippen MR) is 98.4 cm³/mol. The van der Waals surface area contributed by atoms with E-state index in [4.69, 9.17) is 4.74 Å². The van der Waals surface area contributed by atoms with Crippen molar-refractivity contribution >= 4 is 12.0 Å². The molecule has 2 bridgehead atoms. The van der Waals surface area contributed by atoms with Crippen LogP contribution in [0, 0.1) is 5.92 Å². The van der Waals surface area contributed by atoms with Gasteiger partial charge in [0.1, 0.15) is 11.6 Å². The first-order chi connectivity index (χ1) is 12.3. The van der Waals surface area contributed by atoms with Crippen LogP contribution in [0.5, 0.6) is 0 Å². The van der Waals surface area contributed by atoms with Crippen LogP contribution < -0.4 is 0 Å². The second-order valence-electron chi connectivity index (χ2n) is 8.54. The predicted octanol–water partition coefficient (Wildman–Crippen LogP) is 3.13. The Hall–Kier alpha value is -2.30. The van der Waals surface area contributed by atoms with Crippen molar-refractivity contribution in [1.29, 1.82) is 0 Å². The van der Waals surface area contributed by atoms with Crippen molar-refractivity contribution in [1.82, 2.24) is 9.80 Å². The number of carbonyl (C=O) groups excluding carboxylic acids is 2. The maximum atomic E-state index is 13.2. The van der Waals surface area contributed by atoms with Crippen LogP contribution in [0.1, 0.15) is 38.3 Å². The van der Waals surface area contributed by atoms with Crippen LogP contribution in [0.25, 0.3) is 0 Å². The fourth-order valence-electron chi connectivity index (χ4n) is 4.70. The van der Waals surface area contributed by atoms with Crippen molar-refractivity contribution in [2.24, 2.45) is 5.92 Å². The Bertz CT molecular complexity index is 767. The Morgan fingerprint density at radius 1 is 1.27 bits per heavy atom. The van der Waals surface area contributed by atoms with Crippen molar-refractivity contribution in [2.75, 3.05) is 0 Å². The van der Waals surface area contributed by atoms with Gasteiger partial charge in [-0.05, 0) is 44.7 Å². The molecule has 0 unspecified atom stereocenters. The number of ether oxygens (including phenoxy) is 1. The van der Waals surface area contributed by atoms with E-state index in [-0.39, 0.29) is 30.0 Å². The maximum Gasteiger partial charge on any atom is 0.411 e. The Morgan fingerprint density at radius 2 is 1.96 bits per heavy atom. The molecule has 0 spiro atoms. The number of amides is 2. The van der Waals surface area contributed by atoms with Crippen LogP contribution in [0.15, 0.2) is 36.9 Å². The summed E-state index contributed by atoms with van der Waals surface area (Å²) in [6.07, 6.45) is 2.92. The minimum atomic E-state index is -0.584. The summed E-state index contributed by atoms with van der Waals surface area (Å²) < 4.78 is 5.63. The van der Waals surface area contributed by atoms with E-state index in [9.17, 15) is 9.59 Å². The molecule has 0 saturated carbocycles. The zero-order valence-corrected chi connectivity index (χ0v) is 15.6. The summed E-state index contributed by atoms with van der Waals surface area (Å²) in [6, 6.07) is 7.73. The smallest absolute Gasteiger partial charge is 0.411 e. The van der Waals surface area contributed by atoms with E-state index in [0.717, 1.165) is 6.42 Å². The van der Waals surface area contributed by atoms with Crippen LogP contribution in [-0.2, 0) is 22.5 Å². The molecule has 2 saturated heterocycles. The highest BCUT2D eigenvalue weighted by molar-refractivity contribution is 5.89. The van der Waals surface area contributed by atoms with Gasteiger partial charge >= 0.3 is 6.09 Å². The summed E-state index contributed by atoms with van der Waals surface area (Å²) in [5.41, 5.74) is 1.88. The van der Waals surface area contributed by atoms with E-state index < -0.39 is 11.6 Å². The number of hydrogen-bond donors (Lipinski definition) is 0. The third-order valence-electron chi connectivity index (χ3n) is 5.75. The molecule has 2 fully saturated rings. The fourth-order valence-corrected chi connectivity index (χ4v) is 4.70. The van der Waals surface area contributed by atoms with Crippen LogP contribution in [0.2, 0.25) is 0 Å². The number of fused-ring (bicyclic) bond motifs is 5. The lowest BCUT2D eigenvalue weighted by molar-refractivity contribution is -0.147. The standard InChI is InChI=1S/C21H26N2O3/c1-5-13-10-17-19(24)22-12-15-9-7-6-8-14(15)11-16(22)18(13)23(17)20(25)26-21(2,3)4/h5-9,13,16-18H,1,10-12H2,2-4H3/t13-,16+,17+,18-/m1/s1. The number of rotatable bonds is 1. The average molecular weight is 354 g/mol. The molecule has 2 amide bonds. The highest BCUT2D eigenvalue weighted by Gasteiger charge is 2.58. The molecule has 5 nitrogen and oxygen atoms in total. The van der Waals surface area contributed by atoms with Crippen LogP contribution >= 0.6 is 0 Å². The highest BCUT2D eigenvalue weighted by atomic mass is 16.6. The minimum absolute atomic E-state index is 0.0216. The summed E-state index contributed by atoms with van der Waals surface area (Å²) in [7, 11) is 0. The third-order valence-corrected chi connectivity index (χ3v) is 5.75. The molecule has 0 aliphatic carbocycles. The van der Waals surface area contributed by atoms with Crippen molar-refractivity contribution < 1.29 is 14.3 Å². The lowest BCUT2D eigenvalue weighted by Gasteiger charge is -2.49. The lowest BCUT2D eigenvalue weighted by atomic mass is 9.85. The highest BCUT2D eigenvalue weighted by Crippen LogP contribution is 2.43. The van der Waals surface area contributed by atoms with Gasteiger partial charge in [0.15, 0.2) is 0 Å². The molecule has 0 aromatic heterocycles. The summed E-state index contributed by atoms with van der Waals surface area (Å²) in [5.74, 6) is 0.146. The maximum absolute atomic E-state index is 13.2. The molecule has 1 aromatic carbocycles. The molecule has 0 radical (unpaired) electrons. The molecule has 5 heteroatoms. The first-order valence-corrected chi connectivity index (χ1v) is 9.31. The topological polar surface area (TPSA) is 49.9 Å². The van der Waals surface area contributed by atoms with Gasteiger partial charge in [0.05, 0.1) is 12.1 Å². The number of nitrogens with zero attached hydrogens (tertiary/aromatic N) is 2. The first kappa shape index (κ1) is 17.1. The van der Waals surface area contributed by atoms with Crippen molar-refractivity contribution in [3.8, 4) is 0 Å². The van der Waals surface area contributed by atoms with E-state index in [1.54, 1.807) is 4.90 Å². The van der Waals surface area contributed by atoms with E-state index in [1.807, 2.05) is 43.9 Å². The Kier molecular flexibility index (Phi) is 3.86. The second kappa shape index (κ2) is 5.86. The van der Waals surface area contributed by atoms with Gasteiger partial charge in [-0.15, -0.1) is 6.58 Å². The van der Waals surface area contributed by atoms with E-state index in [2.05, 4.69) is 18.7 Å². The molecule has 3 aliphatic heterocycles. The van der Waals surface area contributed by atoms with E-state index in [0.29, 0.717) is 13.0 Å². The van der Waals surface area contributed by atoms with Crippen molar-refractivity contribution in [3.05, 3.63) is 48.0 Å². The first-order valence-electron chi connectivity index (χ1n) is 9.31. The Balaban J connectivity index is 1.72. The summed E-state index contributed by atoms with van der Waals surface area (Å²) >= 11 is 0. The minimum Gasteiger partial charge on any atom is -0.444 e. The molecule has 0 N–H and O–H groups in total. The third kappa shape index (κ3) is 2.61. The van der Waals surface area contributed by atoms with Gasteiger partial charge in [-0.2, -0.15) is 0 Å². The molecule has 138 valence electrons. The lowest BCUT2D eigenvalue weighted by Crippen LogP contribution is -2.66. The van der Waals surface area contributed by atoms with Crippen molar-refractivity contribution in [2.45, 2.75) is 63.9 Å². The zero-order valence-electron chi connectivity index (χ0n) is 15.6. The SMILES string of the molecule is C=C[C@@H]1C[C@H]2C(=O)N3Cc4ccccc4C[C@H]3[C@@H]1N2C(=O)OC(C)(C)C. The fraction of sp³-hybridized carbons (Fsp3) is 0.524. The quantitative estimate of drug-likeness (QED) is 0.728. The van der Waals surface area contributed by atoms with Gasteiger partial charge in [-0.1, -0.05) is 30.3 Å². The Labute approximate surface area is 154 Å². The normalized spacial score (nSPS) is 29.9. The summed E-state index contributed by atoms with van der Waals surface area (Å²) in [5, 5.41) is 0. The van der Waals surface area contributed by atoms with Crippen LogP contribution in [-0.4, -0.2) is 45.5 Å². The van der Waals surface area contributed by atoms with Gasteiger partial charge in [-0.3, -0.25) is 9.69 Å². The molecule has 26 heavy (non-hydrogen) atoms. The van der Waals surface area contributed by atoms with E-state index in [1.165, 1.54) is 11.1 Å². The molecule has 3 aliphatic rings. The molecule has 3 heterocycles. The average Bonchev–Trinajstić information content (AvgIpc) is 2.93. The van der Waals surface area contributed by atoms with Gasteiger partial charge < -0.3 is 9.64 Å². The second-order valence-corrected chi connectivity index (χ2v) is 8.54. The number of benzene rings is 1. The summed E-state index contributed by atoms with van der Waals surface area (Å²) in [4.78, 5) is 29.8. The van der Waals surface area contributed by atoms with Gasteiger partial charge in [0.25, 0.3) is 0 Å².